The Kier molecular flexibility index (Phi) is 4.46. The van der Waals surface area contributed by atoms with Crippen LogP contribution in [0.25, 0.3) is 0 Å². The number of thioether (sulfide) groups is 1. The minimum atomic E-state index is -3.56. The Bertz CT molecular complexity index is 494. The summed E-state index contributed by atoms with van der Waals surface area (Å²) in [5.41, 5.74) is 5.39. The average molecular weight is 308 g/mol. The average Bonchev–Trinajstić information content (AvgIpc) is 2.77. The van der Waals surface area contributed by atoms with Crippen molar-refractivity contribution in [1.82, 2.24) is 14.9 Å². The minimum absolute atomic E-state index is 0.00326. The van der Waals surface area contributed by atoms with E-state index in [1.165, 1.54) is 0 Å². The molecule has 1 aliphatic carbocycles. The van der Waals surface area contributed by atoms with Gasteiger partial charge < -0.3 is 5.73 Å². The number of rotatable bonds is 4. The van der Waals surface area contributed by atoms with Gasteiger partial charge in [-0.05, 0) is 31.9 Å². The van der Waals surface area contributed by atoms with Gasteiger partial charge in [0.1, 0.15) is 0 Å². The van der Waals surface area contributed by atoms with Crippen LogP contribution in [0.3, 0.4) is 0 Å². The summed E-state index contributed by atoms with van der Waals surface area (Å²) in [7, 11) is -3.56. The molecule has 0 atom stereocenters. The summed E-state index contributed by atoms with van der Waals surface area (Å²) in [5, 5.41) is 7.92. The largest absolute Gasteiger partial charge is 0.374 e. The van der Waals surface area contributed by atoms with Crippen LogP contribution in [0.1, 0.15) is 25.7 Å². The molecule has 0 spiro atoms. The third kappa shape index (κ3) is 3.34. The molecule has 0 radical (unpaired) electrons. The van der Waals surface area contributed by atoms with E-state index < -0.39 is 10.0 Å². The van der Waals surface area contributed by atoms with E-state index in [1.807, 2.05) is 11.8 Å². The van der Waals surface area contributed by atoms with Crippen molar-refractivity contribution in [3.05, 3.63) is 0 Å². The Morgan fingerprint density at radius 1 is 1.33 bits per heavy atom. The number of aromatic nitrogens is 2. The van der Waals surface area contributed by atoms with Crippen LogP contribution < -0.4 is 10.5 Å². The summed E-state index contributed by atoms with van der Waals surface area (Å²) in [6.45, 7) is 0. The zero-order valence-corrected chi connectivity index (χ0v) is 12.4. The first-order chi connectivity index (χ1) is 8.51. The van der Waals surface area contributed by atoms with Crippen molar-refractivity contribution in [1.29, 1.82) is 0 Å². The molecule has 102 valence electrons. The number of hydrogen-bond donors (Lipinski definition) is 2. The quantitative estimate of drug-likeness (QED) is 0.863. The normalized spacial score (nSPS) is 25.2. The fourth-order valence-electron chi connectivity index (χ4n) is 2.02. The molecule has 9 heteroatoms. The van der Waals surface area contributed by atoms with Crippen LogP contribution in [0.15, 0.2) is 4.34 Å². The van der Waals surface area contributed by atoms with Gasteiger partial charge in [-0.2, -0.15) is 11.8 Å². The zero-order chi connectivity index (χ0) is 13.2. The topological polar surface area (TPSA) is 98.0 Å². The van der Waals surface area contributed by atoms with Crippen LogP contribution >= 0.6 is 23.1 Å². The van der Waals surface area contributed by atoms with Gasteiger partial charge in [-0.25, -0.2) is 13.1 Å². The van der Waals surface area contributed by atoms with Gasteiger partial charge in [-0.15, -0.1) is 10.2 Å². The fourth-order valence-corrected chi connectivity index (χ4v) is 4.86. The number of nitrogens with zero attached hydrogens (tertiary/aromatic N) is 2. The minimum Gasteiger partial charge on any atom is -0.374 e. The molecule has 0 bridgehead atoms. The van der Waals surface area contributed by atoms with Crippen LogP contribution in [-0.2, 0) is 10.0 Å². The first-order valence-corrected chi connectivity index (χ1v) is 9.24. The Labute approximate surface area is 115 Å². The molecule has 1 aliphatic rings. The van der Waals surface area contributed by atoms with E-state index >= 15 is 0 Å². The lowest BCUT2D eigenvalue weighted by molar-refractivity contribution is 0.419. The number of nitrogen functional groups attached to an aromatic ring is 1. The first kappa shape index (κ1) is 14.0. The highest BCUT2D eigenvalue weighted by molar-refractivity contribution is 7.99. The van der Waals surface area contributed by atoms with E-state index in [0.29, 0.717) is 5.25 Å². The molecule has 0 unspecified atom stereocenters. The van der Waals surface area contributed by atoms with E-state index in [0.717, 1.165) is 37.0 Å². The van der Waals surface area contributed by atoms with Crippen molar-refractivity contribution in [2.75, 3.05) is 12.0 Å². The highest BCUT2D eigenvalue weighted by Crippen LogP contribution is 2.28. The molecule has 1 saturated carbocycles. The highest BCUT2D eigenvalue weighted by atomic mass is 32.2. The second-order valence-corrected chi connectivity index (χ2v) is 8.27. The summed E-state index contributed by atoms with van der Waals surface area (Å²) in [6, 6.07) is 0.00326. The summed E-state index contributed by atoms with van der Waals surface area (Å²) in [6.07, 6.45) is 5.94. The second kappa shape index (κ2) is 5.72. The third-order valence-electron chi connectivity index (χ3n) is 2.98. The van der Waals surface area contributed by atoms with Crippen LogP contribution in [-0.4, -0.2) is 36.2 Å². The molecule has 0 aliphatic heterocycles. The lowest BCUT2D eigenvalue weighted by atomic mass is 9.96. The lowest BCUT2D eigenvalue weighted by Gasteiger charge is -2.27. The Morgan fingerprint density at radius 2 is 2.00 bits per heavy atom. The predicted octanol–water partition coefficient (Wildman–Crippen LogP) is 1.07. The molecule has 2 rings (SSSR count). The fraction of sp³-hybridized carbons (Fsp3) is 0.778. The zero-order valence-electron chi connectivity index (χ0n) is 10.00. The molecular formula is C9H16N4O2S3. The van der Waals surface area contributed by atoms with Crippen molar-refractivity contribution in [2.24, 2.45) is 0 Å². The second-order valence-electron chi connectivity index (χ2n) is 4.24. The van der Waals surface area contributed by atoms with E-state index in [4.69, 9.17) is 5.73 Å². The molecule has 18 heavy (non-hydrogen) atoms. The van der Waals surface area contributed by atoms with Crippen molar-refractivity contribution in [2.45, 2.75) is 41.3 Å². The number of sulfonamides is 1. The summed E-state index contributed by atoms with van der Waals surface area (Å²) < 4.78 is 26.6. The van der Waals surface area contributed by atoms with Gasteiger partial charge in [-0.3, -0.25) is 0 Å². The van der Waals surface area contributed by atoms with E-state index in [2.05, 4.69) is 21.2 Å². The molecule has 1 heterocycles. The summed E-state index contributed by atoms with van der Waals surface area (Å²) in [4.78, 5) is 0. The SMILES string of the molecule is CSC1CCC(NS(=O)(=O)c2nnc(N)s2)CC1. The van der Waals surface area contributed by atoms with E-state index in [9.17, 15) is 8.42 Å². The molecule has 1 aromatic rings. The van der Waals surface area contributed by atoms with E-state index in [-0.39, 0.29) is 15.5 Å². The summed E-state index contributed by atoms with van der Waals surface area (Å²) in [5.74, 6) is 0. The molecule has 1 aromatic heterocycles. The first-order valence-electron chi connectivity index (χ1n) is 5.65. The summed E-state index contributed by atoms with van der Waals surface area (Å²) >= 11 is 2.74. The van der Waals surface area contributed by atoms with Crippen molar-refractivity contribution in [3.8, 4) is 0 Å². The van der Waals surface area contributed by atoms with Gasteiger partial charge in [0, 0.05) is 11.3 Å². The molecule has 0 saturated heterocycles. The molecular weight excluding hydrogens is 292 g/mol. The Hall–Kier alpha value is -0.380. The van der Waals surface area contributed by atoms with Gasteiger partial charge in [0.15, 0.2) is 0 Å². The number of hydrogen-bond acceptors (Lipinski definition) is 7. The van der Waals surface area contributed by atoms with Crippen LogP contribution in [0.5, 0.6) is 0 Å². The van der Waals surface area contributed by atoms with Gasteiger partial charge in [0.05, 0.1) is 0 Å². The van der Waals surface area contributed by atoms with Crippen molar-refractivity contribution in [3.63, 3.8) is 0 Å². The van der Waals surface area contributed by atoms with E-state index in [1.54, 1.807) is 0 Å². The third-order valence-corrected chi connectivity index (χ3v) is 6.76. The maximum Gasteiger partial charge on any atom is 0.270 e. The number of nitrogens with one attached hydrogen (secondary N) is 1. The lowest BCUT2D eigenvalue weighted by Crippen LogP contribution is -2.38. The molecule has 3 N–H and O–H groups in total. The number of nitrogens with two attached hydrogens (primary N) is 1. The molecule has 6 nitrogen and oxygen atoms in total. The highest BCUT2D eigenvalue weighted by Gasteiger charge is 2.27. The van der Waals surface area contributed by atoms with Gasteiger partial charge in [0.2, 0.25) is 9.47 Å². The number of anilines is 1. The standard InChI is InChI=1S/C9H16N4O2S3/c1-16-7-4-2-6(3-5-7)13-18(14,15)9-12-11-8(10)17-9/h6-7,13H,2-5H2,1H3,(H2,10,11). The van der Waals surface area contributed by atoms with Crippen molar-refractivity contribution < 1.29 is 8.42 Å². The molecule has 1 fully saturated rings. The van der Waals surface area contributed by atoms with Gasteiger partial charge in [0.25, 0.3) is 10.0 Å². The van der Waals surface area contributed by atoms with Crippen LogP contribution in [0.2, 0.25) is 0 Å². The van der Waals surface area contributed by atoms with Crippen LogP contribution in [0, 0.1) is 0 Å². The monoisotopic (exact) mass is 308 g/mol. The molecule has 0 aromatic carbocycles. The maximum absolute atomic E-state index is 12.0. The Morgan fingerprint density at radius 3 is 2.50 bits per heavy atom. The Balaban J connectivity index is 1.97. The smallest absolute Gasteiger partial charge is 0.270 e. The van der Waals surface area contributed by atoms with Crippen molar-refractivity contribution >= 4 is 38.3 Å². The van der Waals surface area contributed by atoms with Gasteiger partial charge >= 0.3 is 0 Å². The van der Waals surface area contributed by atoms with Gasteiger partial charge in [-0.1, -0.05) is 11.3 Å². The maximum atomic E-state index is 12.0. The molecule has 0 amide bonds. The predicted molar refractivity (Wildman–Crippen MR) is 74.2 cm³/mol. The van der Waals surface area contributed by atoms with Crippen LogP contribution in [0.4, 0.5) is 5.13 Å².